The molecular weight excluding hydrogens is 688 g/mol. The maximum Gasteiger partial charge on any atom is -0.0134 e. The van der Waals surface area contributed by atoms with Crippen LogP contribution in [0.15, 0.2) is 194 Å². The SMILES string of the molecule is C=C(C)[O-].[Cl][Pd+].c1ccc(P(c2ccccc2)c2ccccc2)cc1.c1ccc(P(c2ccccc2)c2ccccc2)cc1. The third-order valence-electron chi connectivity index (χ3n) is 6.09. The van der Waals surface area contributed by atoms with E-state index in [4.69, 9.17) is 0 Å². The molecule has 0 radical (unpaired) electrons. The summed E-state index contributed by atoms with van der Waals surface area (Å²) in [7, 11) is 3.60. The average Bonchev–Trinajstić information content (AvgIpc) is 3.09. The van der Waals surface area contributed by atoms with Crippen LogP contribution in [0.25, 0.3) is 0 Å². The van der Waals surface area contributed by atoms with Crippen molar-refractivity contribution in [3.8, 4) is 0 Å². The molecule has 6 aromatic rings. The molecule has 5 heteroatoms. The molecule has 0 heterocycles. The van der Waals surface area contributed by atoms with Gasteiger partial charge in [-0.25, -0.2) is 0 Å². The number of allylic oxidation sites excluding steroid dienone is 1. The minimum Gasteiger partial charge on any atom is -0.0622 e. The summed E-state index contributed by atoms with van der Waals surface area (Å²) in [6.07, 6.45) is 0. The van der Waals surface area contributed by atoms with Gasteiger partial charge in [0.1, 0.15) is 0 Å². The Hall–Kier alpha value is -3.33. The van der Waals surface area contributed by atoms with Crippen molar-refractivity contribution in [2.45, 2.75) is 6.92 Å². The average molecular weight is 724 g/mol. The summed E-state index contributed by atoms with van der Waals surface area (Å²) in [6.45, 7) is 4.42. The fraction of sp³-hybridized carbons (Fsp3) is 0.0256. The molecule has 0 aliphatic rings. The van der Waals surface area contributed by atoms with Gasteiger partial charge >= 0.3 is 27.7 Å². The van der Waals surface area contributed by atoms with Crippen molar-refractivity contribution in [1.82, 2.24) is 0 Å². The van der Waals surface area contributed by atoms with Crippen LogP contribution in [-0.4, -0.2) is 0 Å². The second-order valence-corrected chi connectivity index (χ2v) is 13.8. The Bertz CT molecular complexity index is 1280. The molecule has 0 saturated carbocycles. The van der Waals surface area contributed by atoms with Crippen LogP contribution in [0.5, 0.6) is 0 Å². The third-order valence-corrected chi connectivity index (χ3v) is 11.0. The van der Waals surface area contributed by atoms with Gasteiger partial charge in [0.15, 0.2) is 0 Å². The first-order valence-electron chi connectivity index (χ1n) is 14.0. The predicted molar refractivity (Wildman–Crippen MR) is 191 cm³/mol. The summed E-state index contributed by atoms with van der Waals surface area (Å²) in [6, 6.07) is 64.7. The van der Waals surface area contributed by atoms with Crippen molar-refractivity contribution in [3.63, 3.8) is 0 Å². The monoisotopic (exact) mass is 722 g/mol. The largest absolute Gasteiger partial charge is 0.0622 e. The molecule has 6 rings (SSSR count). The van der Waals surface area contributed by atoms with E-state index in [1.54, 1.807) is 0 Å². The Balaban J connectivity index is 0.000000205. The molecule has 0 aliphatic carbocycles. The van der Waals surface area contributed by atoms with Crippen LogP contribution in [0.4, 0.5) is 0 Å². The Morgan fingerprint density at radius 1 is 0.409 bits per heavy atom. The standard InChI is InChI=1S/2C18H15P.C3H6O.ClH.Pd/c2*1-4-10-16(11-5-1)19(17-12-6-2-7-13-17)18-14-8-3-9-15-18;1-3(2)4;;/h2*1-15H;4H,1H2,2H3;1H;/q;;;;+2/p-2. The maximum atomic E-state index is 9.33. The molecule has 0 bridgehead atoms. The predicted octanol–water partition coefficient (Wildman–Crippen LogP) is 7.46. The zero-order valence-corrected chi connectivity index (χ0v) is 28.6. The summed E-state index contributed by atoms with van der Waals surface area (Å²) in [4.78, 5) is 0. The Morgan fingerprint density at radius 2 is 0.523 bits per heavy atom. The van der Waals surface area contributed by atoms with Crippen LogP contribution < -0.4 is 36.9 Å². The third kappa shape index (κ3) is 11.6. The van der Waals surface area contributed by atoms with Crippen LogP contribution in [0.1, 0.15) is 6.92 Å². The van der Waals surface area contributed by atoms with Crippen LogP contribution in [0.2, 0.25) is 0 Å². The summed E-state index contributed by atoms with van der Waals surface area (Å²) >= 11 is 2.22. The Labute approximate surface area is 280 Å². The molecule has 1 nitrogen and oxygen atoms in total. The van der Waals surface area contributed by atoms with Crippen molar-refractivity contribution in [1.29, 1.82) is 0 Å². The van der Waals surface area contributed by atoms with Crippen LogP contribution in [0.3, 0.4) is 0 Å². The van der Waals surface area contributed by atoms with Crippen LogP contribution in [-0.2, 0) is 18.2 Å². The number of halogens is 1. The van der Waals surface area contributed by atoms with Gasteiger partial charge in [0.25, 0.3) is 0 Å². The number of hydrogen-bond donors (Lipinski definition) is 0. The second kappa shape index (κ2) is 20.6. The molecule has 0 unspecified atom stereocenters. The number of hydrogen-bond acceptors (Lipinski definition) is 1. The topological polar surface area (TPSA) is 23.1 Å². The normalized spacial score (nSPS) is 9.86. The van der Waals surface area contributed by atoms with E-state index < -0.39 is 15.8 Å². The fourth-order valence-corrected chi connectivity index (χ4v) is 8.97. The van der Waals surface area contributed by atoms with Gasteiger partial charge < -0.3 is 5.11 Å². The first-order chi connectivity index (χ1) is 21.6. The summed E-state index contributed by atoms with van der Waals surface area (Å²) < 4.78 is 0. The molecule has 0 N–H and O–H groups in total. The maximum absolute atomic E-state index is 9.33. The van der Waals surface area contributed by atoms with Gasteiger partial charge in [-0.05, 0) is 47.7 Å². The minimum absolute atomic E-state index is 0.0833. The molecule has 0 amide bonds. The molecule has 224 valence electrons. The van der Waals surface area contributed by atoms with Crippen molar-refractivity contribution >= 4 is 57.2 Å². The Kier molecular flexibility index (Phi) is 16.5. The van der Waals surface area contributed by atoms with Gasteiger partial charge in [0.05, 0.1) is 0 Å². The number of benzene rings is 6. The van der Waals surface area contributed by atoms with E-state index in [0.717, 1.165) is 0 Å². The molecule has 0 fully saturated rings. The Morgan fingerprint density at radius 3 is 0.636 bits per heavy atom. The van der Waals surface area contributed by atoms with E-state index in [1.165, 1.54) is 38.8 Å². The molecule has 0 saturated heterocycles. The summed E-state index contributed by atoms with van der Waals surface area (Å²) in [5.74, 6) is -0.0833. The minimum atomic E-state index is -0.446. The smallest absolute Gasteiger partial charge is 0.0134 e. The summed E-state index contributed by atoms with van der Waals surface area (Å²) in [5.41, 5.74) is 0. The van der Waals surface area contributed by atoms with Crippen molar-refractivity contribution < 1.29 is 23.3 Å². The van der Waals surface area contributed by atoms with E-state index in [-0.39, 0.29) is 5.76 Å². The zero-order valence-electron chi connectivity index (χ0n) is 24.5. The summed E-state index contributed by atoms with van der Waals surface area (Å²) in [5, 5.41) is 17.7. The zero-order chi connectivity index (χ0) is 31.4. The van der Waals surface area contributed by atoms with Crippen molar-refractivity contribution in [3.05, 3.63) is 194 Å². The van der Waals surface area contributed by atoms with Crippen LogP contribution >= 0.6 is 25.4 Å². The van der Waals surface area contributed by atoms with Gasteiger partial charge in [0, 0.05) is 0 Å². The second-order valence-electron chi connectivity index (χ2n) is 9.39. The molecule has 44 heavy (non-hydrogen) atoms. The first-order valence-corrected chi connectivity index (χ1v) is 18.7. The molecule has 0 spiro atoms. The quantitative estimate of drug-likeness (QED) is 0.0996. The van der Waals surface area contributed by atoms with Gasteiger partial charge in [0.2, 0.25) is 0 Å². The van der Waals surface area contributed by atoms with Gasteiger partial charge in [-0.15, -0.1) is 12.3 Å². The molecule has 0 atom stereocenters. The molecular formula is C39H35ClOP2Pd. The molecule has 0 aromatic heterocycles. The number of rotatable bonds is 6. The van der Waals surface area contributed by atoms with E-state index in [9.17, 15) is 5.11 Å². The van der Waals surface area contributed by atoms with Crippen LogP contribution in [0, 0.1) is 0 Å². The van der Waals surface area contributed by atoms with E-state index in [1.807, 2.05) is 0 Å². The molecule has 6 aromatic carbocycles. The van der Waals surface area contributed by atoms with Crippen molar-refractivity contribution in [2.24, 2.45) is 0 Å². The van der Waals surface area contributed by atoms with E-state index >= 15 is 0 Å². The van der Waals surface area contributed by atoms with Crippen molar-refractivity contribution in [2.75, 3.05) is 0 Å². The first kappa shape index (κ1) is 35.2. The van der Waals surface area contributed by atoms with Gasteiger partial charge in [-0.1, -0.05) is 189 Å². The van der Waals surface area contributed by atoms with Gasteiger partial charge in [-0.2, -0.15) is 0 Å². The van der Waals surface area contributed by atoms with E-state index in [0.29, 0.717) is 0 Å². The molecule has 0 aliphatic heterocycles. The van der Waals surface area contributed by atoms with Gasteiger partial charge in [-0.3, -0.25) is 0 Å². The van der Waals surface area contributed by atoms with E-state index in [2.05, 4.69) is 216 Å². The fourth-order valence-electron chi connectivity index (χ4n) is 4.36.